The predicted octanol–water partition coefficient (Wildman–Crippen LogP) is 2.89. The maximum Gasteiger partial charge on any atom is 0.270 e. The summed E-state index contributed by atoms with van der Waals surface area (Å²) < 4.78 is 5.20. The van der Waals surface area contributed by atoms with Gasteiger partial charge in [0.2, 0.25) is 0 Å². The van der Waals surface area contributed by atoms with Crippen molar-refractivity contribution >= 4 is 29.1 Å². The summed E-state index contributed by atoms with van der Waals surface area (Å²) in [5.74, 6) is -0.153. The number of carbonyl (C=O) groups excluding carboxylic acids is 2. The summed E-state index contributed by atoms with van der Waals surface area (Å²) in [6, 6.07) is 8.17. The van der Waals surface area contributed by atoms with Crippen LogP contribution < -0.4 is 15.4 Å². The molecular formula is C17H16ClN3O3. The minimum absolute atomic E-state index is 0.215. The number of hydrogen-bond acceptors (Lipinski definition) is 4. The van der Waals surface area contributed by atoms with Gasteiger partial charge in [0.15, 0.2) is 0 Å². The van der Waals surface area contributed by atoms with Crippen molar-refractivity contribution in [1.82, 2.24) is 10.3 Å². The maximum absolute atomic E-state index is 12.4. The number of benzene rings is 1. The van der Waals surface area contributed by atoms with Crippen molar-refractivity contribution in [3.63, 3.8) is 0 Å². The van der Waals surface area contributed by atoms with E-state index in [9.17, 15) is 9.59 Å². The van der Waals surface area contributed by atoms with Gasteiger partial charge in [-0.15, -0.1) is 0 Å². The number of nitrogens with zero attached hydrogens (tertiary/aromatic N) is 1. The van der Waals surface area contributed by atoms with Crippen LogP contribution in [0.5, 0.6) is 5.75 Å². The van der Waals surface area contributed by atoms with Gasteiger partial charge in [-0.1, -0.05) is 11.6 Å². The minimum Gasteiger partial charge on any atom is -0.495 e. The lowest BCUT2D eigenvalue weighted by molar-refractivity contribution is 0.0946. The average Bonchev–Trinajstić information content (AvgIpc) is 3.39. The fourth-order valence-corrected chi connectivity index (χ4v) is 2.33. The molecule has 1 heterocycles. The number of aromatic nitrogens is 1. The number of hydrogen-bond donors (Lipinski definition) is 2. The lowest BCUT2D eigenvalue weighted by Gasteiger charge is -2.11. The summed E-state index contributed by atoms with van der Waals surface area (Å²) in [6.45, 7) is 0. The van der Waals surface area contributed by atoms with E-state index in [1.54, 1.807) is 24.3 Å². The summed E-state index contributed by atoms with van der Waals surface area (Å²) in [4.78, 5) is 28.5. The van der Waals surface area contributed by atoms with Crippen LogP contribution in [0, 0.1) is 0 Å². The first-order valence-electron chi connectivity index (χ1n) is 7.48. The van der Waals surface area contributed by atoms with Crippen LogP contribution in [0.25, 0.3) is 0 Å². The number of amides is 2. The predicted molar refractivity (Wildman–Crippen MR) is 90.7 cm³/mol. The molecular weight excluding hydrogens is 330 g/mol. The van der Waals surface area contributed by atoms with Gasteiger partial charge in [-0.05, 0) is 43.2 Å². The molecule has 1 aromatic heterocycles. The van der Waals surface area contributed by atoms with E-state index in [1.807, 2.05) is 0 Å². The lowest BCUT2D eigenvalue weighted by Crippen LogP contribution is -2.26. The van der Waals surface area contributed by atoms with Crippen molar-refractivity contribution in [1.29, 1.82) is 0 Å². The van der Waals surface area contributed by atoms with Crippen molar-refractivity contribution in [2.75, 3.05) is 12.4 Å². The number of carbonyl (C=O) groups is 2. The molecule has 1 aliphatic rings. The Kier molecular flexibility index (Phi) is 4.66. The Bertz CT molecular complexity index is 790. The second-order valence-electron chi connectivity index (χ2n) is 5.48. The topological polar surface area (TPSA) is 80.3 Å². The third kappa shape index (κ3) is 3.83. The Balaban J connectivity index is 1.77. The number of pyridine rings is 1. The first kappa shape index (κ1) is 16.3. The quantitative estimate of drug-likeness (QED) is 0.873. The molecule has 3 rings (SSSR count). The number of halogens is 1. The minimum atomic E-state index is -0.376. The molecule has 2 N–H and O–H groups in total. The highest BCUT2D eigenvalue weighted by atomic mass is 35.5. The monoisotopic (exact) mass is 345 g/mol. The fraction of sp³-hybridized carbons (Fsp3) is 0.235. The molecule has 0 spiro atoms. The summed E-state index contributed by atoms with van der Waals surface area (Å²) in [6.07, 6.45) is 3.41. The molecule has 1 aliphatic carbocycles. The second kappa shape index (κ2) is 6.88. The van der Waals surface area contributed by atoms with E-state index in [-0.39, 0.29) is 23.6 Å². The molecule has 2 amide bonds. The Morgan fingerprint density at radius 1 is 1.21 bits per heavy atom. The van der Waals surface area contributed by atoms with E-state index >= 15 is 0 Å². The molecule has 0 aliphatic heterocycles. The summed E-state index contributed by atoms with van der Waals surface area (Å²) >= 11 is 5.95. The molecule has 2 aromatic rings. The van der Waals surface area contributed by atoms with Gasteiger partial charge < -0.3 is 15.4 Å². The Morgan fingerprint density at radius 3 is 2.71 bits per heavy atom. The Morgan fingerprint density at radius 2 is 2.00 bits per heavy atom. The SMILES string of the molecule is COc1ccc(Cl)cc1NC(=O)c1ccnc(C(=O)NC2CC2)c1. The normalized spacial score (nSPS) is 13.2. The molecule has 6 nitrogen and oxygen atoms in total. The van der Waals surface area contributed by atoms with Crippen LogP contribution in [0.1, 0.15) is 33.7 Å². The number of ether oxygens (including phenoxy) is 1. The zero-order valence-electron chi connectivity index (χ0n) is 13.0. The van der Waals surface area contributed by atoms with Crippen LogP contribution in [-0.2, 0) is 0 Å². The third-order valence-corrected chi connectivity index (χ3v) is 3.81. The molecule has 0 radical (unpaired) electrons. The van der Waals surface area contributed by atoms with Gasteiger partial charge in [-0.2, -0.15) is 0 Å². The highest BCUT2D eigenvalue weighted by Crippen LogP contribution is 2.28. The molecule has 0 unspecified atom stereocenters. The van der Waals surface area contributed by atoms with Gasteiger partial charge in [0.05, 0.1) is 12.8 Å². The molecule has 0 saturated heterocycles. The van der Waals surface area contributed by atoms with Gasteiger partial charge >= 0.3 is 0 Å². The van der Waals surface area contributed by atoms with E-state index in [2.05, 4.69) is 15.6 Å². The van der Waals surface area contributed by atoms with Crippen LogP contribution in [0.3, 0.4) is 0 Å². The van der Waals surface area contributed by atoms with Crippen LogP contribution in [0.2, 0.25) is 5.02 Å². The van der Waals surface area contributed by atoms with Gasteiger partial charge in [0.25, 0.3) is 11.8 Å². The fourth-order valence-electron chi connectivity index (χ4n) is 2.16. The van der Waals surface area contributed by atoms with Crippen molar-refractivity contribution in [2.45, 2.75) is 18.9 Å². The summed E-state index contributed by atoms with van der Waals surface area (Å²) in [7, 11) is 1.51. The van der Waals surface area contributed by atoms with Crippen LogP contribution in [0.15, 0.2) is 36.5 Å². The Labute approximate surface area is 144 Å². The van der Waals surface area contributed by atoms with Crippen LogP contribution in [0.4, 0.5) is 5.69 Å². The van der Waals surface area contributed by atoms with E-state index < -0.39 is 0 Å². The third-order valence-electron chi connectivity index (χ3n) is 3.58. The van der Waals surface area contributed by atoms with Crippen molar-refractivity contribution < 1.29 is 14.3 Å². The smallest absolute Gasteiger partial charge is 0.270 e. The maximum atomic E-state index is 12.4. The van der Waals surface area contributed by atoms with Crippen molar-refractivity contribution in [3.8, 4) is 5.75 Å². The van der Waals surface area contributed by atoms with Crippen molar-refractivity contribution in [3.05, 3.63) is 52.8 Å². The molecule has 1 aromatic carbocycles. The number of rotatable bonds is 5. The average molecular weight is 346 g/mol. The van der Waals surface area contributed by atoms with E-state index in [4.69, 9.17) is 16.3 Å². The number of nitrogens with one attached hydrogen (secondary N) is 2. The van der Waals surface area contributed by atoms with Gasteiger partial charge in [0, 0.05) is 22.8 Å². The highest BCUT2D eigenvalue weighted by molar-refractivity contribution is 6.31. The van der Waals surface area contributed by atoms with E-state index in [0.29, 0.717) is 22.0 Å². The molecule has 24 heavy (non-hydrogen) atoms. The molecule has 7 heteroatoms. The number of anilines is 1. The molecule has 0 atom stereocenters. The highest BCUT2D eigenvalue weighted by Gasteiger charge is 2.24. The van der Waals surface area contributed by atoms with Crippen LogP contribution >= 0.6 is 11.6 Å². The zero-order valence-corrected chi connectivity index (χ0v) is 13.8. The zero-order chi connectivity index (χ0) is 17.1. The molecule has 0 bridgehead atoms. The second-order valence-corrected chi connectivity index (χ2v) is 5.91. The first-order chi connectivity index (χ1) is 11.6. The molecule has 1 saturated carbocycles. The van der Waals surface area contributed by atoms with E-state index in [0.717, 1.165) is 12.8 Å². The van der Waals surface area contributed by atoms with E-state index in [1.165, 1.54) is 19.4 Å². The standard InChI is InChI=1S/C17H16ClN3O3/c1-24-15-5-2-11(18)9-13(15)21-16(22)10-6-7-19-14(8-10)17(23)20-12-3-4-12/h2,5-9,12H,3-4H2,1H3,(H,20,23)(H,21,22). The largest absolute Gasteiger partial charge is 0.495 e. The van der Waals surface area contributed by atoms with Gasteiger partial charge in [-0.25, -0.2) is 0 Å². The van der Waals surface area contributed by atoms with Gasteiger partial charge in [0.1, 0.15) is 11.4 Å². The first-order valence-corrected chi connectivity index (χ1v) is 7.86. The van der Waals surface area contributed by atoms with Crippen LogP contribution in [-0.4, -0.2) is 29.9 Å². The van der Waals surface area contributed by atoms with Crippen molar-refractivity contribution in [2.24, 2.45) is 0 Å². The lowest BCUT2D eigenvalue weighted by atomic mass is 10.2. The molecule has 124 valence electrons. The summed E-state index contributed by atoms with van der Waals surface area (Å²) in [5.41, 5.74) is 0.997. The molecule has 1 fully saturated rings. The Hall–Kier alpha value is -2.60. The summed E-state index contributed by atoms with van der Waals surface area (Å²) in [5, 5.41) is 6.05. The number of methoxy groups -OCH3 is 1. The van der Waals surface area contributed by atoms with Gasteiger partial charge in [-0.3, -0.25) is 14.6 Å².